The molecule has 30 heavy (non-hydrogen) atoms. The highest BCUT2D eigenvalue weighted by Gasteiger charge is 2.29. The highest BCUT2D eigenvalue weighted by molar-refractivity contribution is 7.92. The van der Waals surface area contributed by atoms with Crippen LogP contribution in [0.1, 0.15) is 44.9 Å². The molecule has 0 radical (unpaired) electrons. The first-order valence-electron chi connectivity index (χ1n) is 10.2. The van der Waals surface area contributed by atoms with Crippen LogP contribution in [-0.2, 0) is 14.8 Å². The number of carbonyl (C=O) groups is 1. The second-order valence-corrected chi connectivity index (χ2v) is 10.2. The van der Waals surface area contributed by atoms with Gasteiger partial charge in [-0.15, -0.1) is 0 Å². The number of nitrogens with one attached hydrogen (secondary N) is 1. The molecule has 162 valence electrons. The van der Waals surface area contributed by atoms with E-state index in [2.05, 4.69) is 5.32 Å². The van der Waals surface area contributed by atoms with Crippen LogP contribution in [-0.4, -0.2) is 26.9 Å². The molecule has 2 aromatic rings. The molecule has 0 aliphatic heterocycles. The van der Waals surface area contributed by atoms with E-state index in [1.807, 2.05) is 0 Å². The molecule has 3 rings (SSSR count). The van der Waals surface area contributed by atoms with Crippen molar-refractivity contribution >= 4 is 44.8 Å². The third-order valence-electron chi connectivity index (χ3n) is 5.27. The summed E-state index contributed by atoms with van der Waals surface area (Å²) in [4.78, 5) is 13.0. The van der Waals surface area contributed by atoms with Crippen molar-refractivity contribution in [2.45, 2.75) is 55.9 Å². The van der Waals surface area contributed by atoms with Crippen molar-refractivity contribution < 1.29 is 13.2 Å². The third kappa shape index (κ3) is 5.90. The van der Waals surface area contributed by atoms with Crippen molar-refractivity contribution in [3.05, 3.63) is 58.6 Å². The molecule has 8 heteroatoms. The number of hydrogen-bond acceptors (Lipinski definition) is 3. The summed E-state index contributed by atoms with van der Waals surface area (Å²) in [6, 6.07) is 12.6. The fraction of sp³-hybridized carbons (Fsp3) is 0.409. The number of sulfonamides is 1. The van der Waals surface area contributed by atoms with Gasteiger partial charge < -0.3 is 5.32 Å². The summed E-state index contributed by atoms with van der Waals surface area (Å²) in [6.07, 6.45) is 7.54. The van der Waals surface area contributed by atoms with Crippen molar-refractivity contribution in [2.75, 3.05) is 10.8 Å². The Morgan fingerprint density at radius 1 is 0.967 bits per heavy atom. The standard InChI is InChI=1S/C22H26Cl2N2O3S/c23-17-13-14-21(20(24)15-17)26(30(28,29)19-11-7-4-8-12-19)16-22(27)25-18-9-5-2-1-3-6-10-18/h4,7-8,11-15,18H,1-3,5-6,9-10,16H2,(H,25,27). The lowest BCUT2D eigenvalue weighted by molar-refractivity contribution is -0.120. The molecule has 1 N–H and O–H groups in total. The second kappa shape index (κ2) is 10.5. The summed E-state index contributed by atoms with van der Waals surface area (Å²) in [5.74, 6) is -0.342. The van der Waals surface area contributed by atoms with Gasteiger partial charge in [0.05, 0.1) is 15.6 Å². The molecule has 0 heterocycles. The van der Waals surface area contributed by atoms with E-state index in [1.54, 1.807) is 24.3 Å². The van der Waals surface area contributed by atoms with Crippen LogP contribution >= 0.6 is 23.2 Å². The molecular weight excluding hydrogens is 443 g/mol. The highest BCUT2D eigenvalue weighted by Crippen LogP contribution is 2.32. The minimum atomic E-state index is -3.99. The van der Waals surface area contributed by atoms with Gasteiger partial charge in [0.2, 0.25) is 5.91 Å². The van der Waals surface area contributed by atoms with E-state index in [-0.39, 0.29) is 34.1 Å². The zero-order chi connectivity index (χ0) is 21.6. The Morgan fingerprint density at radius 3 is 2.23 bits per heavy atom. The maximum Gasteiger partial charge on any atom is 0.264 e. The van der Waals surface area contributed by atoms with Gasteiger partial charge in [-0.3, -0.25) is 9.10 Å². The molecule has 0 atom stereocenters. The normalized spacial score (nSPS) is 15.8. The largest absolute Gasteiger partial charge is 0.352 e. The minimum Gasteiger partial charge on any atom is -0.352 e. The van der Waals surface area contributed by atoms with Crippen LogP contribution in [0.5, 0.6) is 0 Å². The van der Waals surface area contributed by atoms with E-state index in [0.29, 0.717) is 5.02 Å². The third-order valence-corrected chi connectivity index (χ3v) is 7.58. The fourth-order valence-electron chi connectivity index (χ4n) is 3.71. The Balaban J connectivity index is 1.87. The summed E-state index contributed by atoms with van der Waals surface area (Å²) in [7, 11) is -3.99. The van der Waals surface area contributed by atoms with Crippen molar-refractivity contribution in [1.82, 2.24) is 5.32 Å². The molecule has 1 saturated carbocycles. The molecule has 2 aromatic carbocycles. The molecule has 1 amide bonds. The van der Waals surface area contributed by atoms with Crippen molar-refractivity contribution in [3.63, 3.8) is 0 Å². The molecule has 0 aromatic heterocycles. The first-order chi connectivity index (χ1) is 14.4. The number of halogens is 2. The van der Waals surface area contributed by atoms with Gasteiger partial charge in [-0.2, -0.15) is 0 Å². The summed E-state index contributed by atoms with van der Waals surface area (Å²) in [5.41, 5.74) is 0.220. The number of carbonyl (C=O) groups excluding carboxylic acids is 1. The average molecular weight is 469 g/mol. The number of rotatable bonds is 6. The summed E-state index contributed by atoms with van der Waals surface area (Å²) >= 11 is 12.3. The fourth-order valence-corrected chi connectivity index (χ4v) is 5.73. The Morgan fingerprint density at radius 2 is 1.60 bits per heavy atom. The zero-order valence-corrected chi connectivity index (χ0v) is 19.0. The van der Waals surface area contributed by atoms with Crippen molar-refractivity contribution in [1.29, 1.82) is 0 Å². The van der Waals surface area contributed by atoms with Crippen LogP contribution in [0.15, 0.2) is 53.4 Å². The molecular formula is C22H26Cl2N2O3S. The molecule has 0 spiro atoms. The van der Waals surface area contributed by atoms with E-state index in [0.717, 1.165) is 30.0 Å². The van der Waals surface area contributed by atoms with E-state index in [1.165, 1.54) is 43.5 Å². The highest BCUT2D eigenvalue weighted by atomic mass is 35.5. The zero-order valence-electron chi connectivity index (χ0n) is 16.7. The van der Waals surface area contributed by atoms with Gasteiger partial charge in [0, 0.05) is 11.1 Å². The number of amides is 1. The molecule has 1 aliphatic carbocycles. The van der Waals surface area contributed by atoms with Crippen molar-refractivity contribution in [3.8, 4) is 0 Å². The van der Waals surface area contributed by atoms with Crippen LogP contribution in [0, 0.1) is 0 Å². The lowest BCUT2D eigenvalue weighted by Crippen LogP contribution is -2.44. The monoisotopic (exact) mass is 468 g/mol. The minimum absolute atomic E-state index is 0.0692. The Bertz CT molecular complexity index is 960. The van der Waals surface area contributed by atoms with Crippen LogP contribution < -0.4 is 9.62 Å². The Kier molecular flexibility index (Phi) is 8.03. The average Bonchev–Trinajstić information content (AvgIpc) is 2.69. The number of nitrogens with zero attached hydrogens (tertiary/aromatic N) is 1. The van der Waals surface area contributed by atoms with E-state index >= 15 is 0 Å². The molecule has 0 bridgehead atoms. The van der Waals surface area contributed by atoms with Gasteiger partial charge in [0.25, 0.3) is 10.0 Å². The maximum absolute atomic E-state index is 13.4. The van der Waals surface area contributed by atoms with E-state index in [9.17, 15) is 13.2 Å². The van der Waals surface area contributed by atoms with Gasteiger partial charge in [-0.1, -0.05) is 73.5 Å². The van der Waals surface area contributed by atoms with Crippen LogP contribution in [0.2, 0.25) is 10.0 Å². The van der Waals surface area contributed by atoms with Gasteiger partial charge in [-0.05, 0) is 43.2 Å². The van der Waals surface area contributed by atoms with Crippen LogP contribution in [0.3, 0.4) is 0 Å². The Hall–Kier alpha value is -1.76. The van der Waals surface area contributed by atoms with Gasteiger partial charge in [-0.25, -0.2) is 8.42 Å². The lowest BCUT2D eigenvalue weighted by Gasteiger charge is -2.27. The molecule has 5 nitrogen and oxygen atoms in total. The lowest BCUT2D eigenvalue weighted by atomic mass is 9.97. The van der Waals surface area contributed by atoms with Gasteiger partial charge >= 0.3 is 0 Å². The SMILES string of the molecule is O=C(CN(c1ccc(Cl)cc1Cl)S(=O)(=O)c1ccccc1)NC1CCCCCCC1. The molecule has 0 saturated heterocycles. The Labute approximate surface area is 188 Å². The predicted molar refractivity (Wildman–Crippen MR) is 122 cm³/mol. The smallest absolute Gasteiger partial charge is 0.264 e. The number of benzene rings is 2. The first-order valence-corrected chi connectivity index (χ1v) is 12.4. The van der Waals surface area contributed by atoms with E-state index in [4.69, 9.17) is 23.2 Å². The summed E-state index contributed by atoms with van der Waals surface area (Å²) in [5, 5.41) is 3.58. The van der Waals surface area contributed by atoms with Crippen LogP contribution in [0.25, 0.3) is 0 Å². The van der Waals surface area contributed by atoms with E-state index < -0.39 is 10.0 Å². The van der Waals surface area contributed by atoms with Crippen LogP contribution in [0.4, 0.5) is 5.69 Å². The van der Waals surface area contributed by atoms with Gasteiger partial charge in [0.1, 0.15) is 6.54 Å². The quantitative estimate of drug-likeness (QED) is 0.615. The summed E-state index contributed by atoms with van der Waals surface area (Å²) in [6.45, 7) is -0.352. The predicted octanol–water partition coefficient (Wildman–Crippen LogP) is 5.42. The van der Waals surface area contributed by atoms with Crippen molar-refractivity contribution in [2.24, 2.45) is 0 Å². The number of hydrogen-bond donors (Lipinski definition) is 1. The number of anilines is 1. The van der Waals surface area contributed by atoms with Gasteiger partial charge in [0.15, 0.2) is 0 Å². The first kappa shape index (κ1) is 22.9. The topological polar surface area (TPSA) is 66.5 Å². The summed E-state index contributed by atoms with van der Waals surface area (Å²) < 4.78 is 27.8. The maximum atomic E-state index is 13.4. The molecule has 0 unspecified atom stereocenters. The molecule has 1 fully saturated rings. The molecule has 1 aliphatic rings. The second-order valence-electron chi connectivity index (χ2n) is 7.53.